The number of carboxylic acids is 1. The number of likely N-dealkylation sites (N-methyl/N-ethyl adjacent to an activating group) is 1. The van der Waals surface area contributed by atoms with Crippen LogP contribution in [-0.2, 0) is 4.79 Å². The number of hydrogen-bond donors (Lipinski definition) is 3. The fourth-order valence-electron chi connectivity index (χ4n) is 0.112. The fraction of sp³-hybridized carbons (Fsp3) is 0.500. The number of rotatable bonds is 3. The Morgan fingerprint density at radius 1 is 1.80 bits per heavy atom. The summed E-state index contributed by atoms with van der Waals surface area (Å²) >= 11 is 0. The standard InChI is InChI=1S/C3H9NO.C3H4O2/c1-4-2-3-5;1-2-3(4)5/h4-5H,2-3H2,1H3;2H,1H2,(H,4,5). The van der Waals surface area contributed by atoms with E-state index in [-0.39, 0.29) is 6.61 Å². The second kappa shape index (κ2) is 11.0. The van der Waals surface area contributed by atoms with Crippen LogP contribution in [0.2, 0.25) is 0 Å². The highest BCUT2D eigenvalue weighted by Crippen LogP contribution is 1.54. The molecule has 0 aliphatic heterocycles. The molecule has 3 N–H and O–H groups in total. The lowest BCUT2D eigenvalue weighted by Crippen LogP contribution is -2.10. The molecule has 0 heterocycles. The van der Waals surface area contributed by atoms with Gasteiger partial charge in [-0.2, -0.15) is 0 Å². The first-order valence-electron chi connectivity index (χ1n) is 2.79. The van der Waals surface area contributed by atoms with Gasteiger partial charge in [0, 0.05) is 12.6 Å². The van der Waals surface area contributed by atoms with Crippen LogP contribution in [-0.4, -0.2) is 36.4 Å². The lowest BCUT2D eigenvalue weighted by Gasteiger charge is -1.84. The van der Waals surface area contributed by atoms with E-state index < -0.39 is 5.97 Å². The molecule has 0 fully saturated rings. The van der Waals surface area contributed by atoms with Gasteiger partial charge in [0.2, 0.25) is 0 Å². The number of aliphatic carboxylic acids is 1. The van der Waals surface area contributed by atoms with Crippen molar-refractivity contribution in [1.29, 1.82) is 0 Å². The topological polar surface area (TPSA) is 69.6 Å². The van der Waals surface area contributed by atoms with Gasteiger partial charge in [0.25, 0.3) is 0 Å². The Balaban J connectivity index is 0. The minimum absolute atomic E-state index is 0.233. The molecule has 60 valence electrons. The summed E-state index contributed by atoms with van der Waals surface area (Å²) in [5, 5.41) is 18.4. The predicted molar refractivity (Wildman–Crippen MR) is 38.8 cm³/mol. The zero-order valence-electron chi connectivity index (χ0n) is 6.00. The first-order chi connectivity index (χ1) is 4.68. The van der Waals surface area contributed by atoms with Crippen molar-refractivity contribution in [3.8, 4) is 0 Å². The van der Waals surface area contributed by atoms with Crippen LogP contribution in [0.15, 0.2) is 12.7 Å². The molecule has 0 radical (unpaired) electrons. The molecule has 0 aromatic heterocycles. The van der Waals surface area contributed by atoms with E-state index in [4.69, 9.17) is 10.2 Å². The fourth-order valence-corrected chi connectivity index (χ4v) is 0.112. The maximum Gasteiger partial charge on any atom is 0.327 e. The summed E-state index contributed by atoms with van der Waals surface area (Å²) in [4.78, 5) is 9.25. The molecule has 0 aliphatic carbocycles. The minimum atomic E-state index is -0.981. The van der Waals surface area contributed by atoms with Crippen LogP contribution in [0.4, 0.5) is 0 Å². The second-order valence-electron chi connectivity index (χ2n) is 1.37. The third-order valence-electron chi connectivity index (χ3n) is 0.536. The zero-order chi connectivity index (χ0) is 8.41. The number of nitrogens with one attached hydrogen (secondary N) is 1. The van der Waals surface area contributed by atoms with Gasteiger partial charge in [0.15, 0.2) is 0 Å². The Morgan fingerprint density at radius 2 is 2.20 bits per heavy atom. The van der Waals surface area contributed by atoms with Crippen LogP contribution in [0.25, 0.3) is 0 Å². The van der Waals surface area contributed by atoms with Gasteiger partial charge in [-0.15, -0.1) is 0 Å². The summed E-state index contributed by atoms with van der Waals surface area (Å²) in [6, 6.07) is 0. The van der Waals surface area contributed by atoms with E-state index in [0.29, 0.717) is 6.54 Å². The Kier molecular flexibility index (Phi) is 13.1. The van der Waals surface area contributed by atoms with Crippen molar-refractivity contribution in [2.24, 2.45) is 0 Å². The van der Waals surface area contributed by atoms with Gasteiger partial charge in [0.1, 0.15) is 0 Å². The Bertz CT molecular complexity index is 91.0. The number of hydrogen-bond acceptors (Lipinski definition) is 3. The SMILES string of the molecule is C=CC(=O)O.CNCCO. The summed E-state index contributed by atoms with van der Waals surface area (Å²) in [6.45, 7) is 3.89. The molecule has 0 aliphatic rings. The van der Waals surface area contributed by atoms with Crippen LogP contribution >= 0.6 is 0 Å². The highest BCUT2D eigenvalue weighted by molar-refractivity contribution is 5.78. The summed E-state index contributed by atoms with van der Waals surface area (Å²) in [6.07, 6.45) is 0.833. The summed E-state index contributed by atoms with van der Waals surface area (Å²) in [5.74, 6) is -0.981. The molecule has 0 saturated carbocycles. The van der Waals surface area contributed by atoms with Gasteiger partial charge in [-0.1, -0.05) is 6.58 Å². The molecule has 0 spiro atoms. The normalized spacial score (nSPS) is 7.40. The minimum Gasteiger partial charge on any atom is -0.478 e. The summed E-state index contributed by atoms with van der Waals surface area (Å²) < 4.78 is 0. The van der Waals surface area contributed by atoms with Gasteiger partial charge in [-0.05, 0) is 7.05 Å². The third-order valence-corrected chi connectivity index (χ3v) is 0.536. The maximum atomic E-state index is 9.25. The van der Waals surface area contributed by atoms with E-state index in [1.807, 2.05) is 0 Å². The summed E-state index contributed by atoms with van der Waals surface area (Å²) in [5.41, 5.74) is 0. The molecular formula is C6H13NO3. The molecule has 0 aromatic rings. The van der Waals surface area contributed by atoms with E-state index in [1.165, 1.54) is 0 Å². The molecule has 0 saturated heterocycles. The molecule has 0 rings (SSSR count). The first-order valence-corrected chi connectivity index (χ1v) is 2.79. The van der Waals surface area contributed by atoms with Crippen molar-refractivity contribution in [2.45, 2.75) is 0 Å². The van der Waals surface area contributed by atoms with E-state index in [9.17, 15) is 4.79 Å². The molecule has 4 heteroatoms. The van der Waals surface area contributed by atoms with Crippen LogP contribution in [0.5, 0.6) is 0 Å². The lowest BCUT2D eigenvalue weighted by molar-refractivity contribution is -0.131. The van der Waals surface area contributed by atoms with Crippen LogP contribution in [0.1, 0.15) is 0 Å². The van der Waals surface area contributed by atoms with Gasteiger partial charge >= 0.3 is 5.97 Å². The smallest absolute Gasteiger partial charge is 0.327 e. The molecule has 0 amide bonds. The highest BCUT2D eigenvalue weighted by atomic mass is 16.4. The Morgan fingerprint density at radius 3 is 2.20 bits per heavy atom. The van der Waals surface area contributed by atoms with Crippen LogP contribution < -0.4 is 5.32 Å². The second-order valence-corrected chi connectivity index (χ2v) is 1.37. The van der Waals surface area contributed by atoms with Gasteiger partial charge in [-0.3, -0.25) is 0 Å². The molecule has 0 unspecified atom stereocenters. The number of carbonyl (C=O) groups is 1. The van der Waals surface area contributed by atoms with Crippen molar-refractivity contribution in [1.82, 2.24) is 5.32 Å². The molecular weight excluding hydrogens is 134 g/mol. The molecule has 0 aromatic carbocycles. The lowest BCUT2D eigenvalue weighted by atomic mass is 10.7. The third kappa shape index (κ3) is 27.3. The first kappa shape index (κ1) is 11.9. The number of aliphatic hydroxyl groups is 1. The van der Waals surface area contributed by atoms with Crippen LogP contribution in [0.3, 0.4) is 0 Å². The van der Waals surface area contributed by atoms with E-state index in [2.05, 4.69) is 11.9 Å². The van der Waals surface area contributed by atoms with E-state index in [0.717, 1.165) is 6.08 Å². The van der Waals surface area contributed by atoms with Gasteiger partial charge in [-0.25, -0.2) is 4.79 Å². The molecule has 10 heavy (non-hydrogen) atoms. The average Bonchev–Trinajstić information content (AvgIpc) is 1.91. The van der Waals surface area contributed by atoms with Gasteiger partial charge in [0.05, 0.1) is 6.61 Å². The van der Waals surface area contributed by atoms with E-state index in [1.54, 1.807) is 7.05 Å². The molecule has 0 atom stereocenters. The largest absolute Gasteiger partial charge is 0.478 e. The molecule has 4 nitrogen and oxygen atoms in total. The molecule has 0 bridgehead atoms. The zero-order valence-corrected chi connectivity index (χ0v) is 6.00. The van der Waals surface area contributed by atoms with Crippen LogP contribution in [0, 0.1) is 0 Å². The number of aliphatic hydroxyl groups excluding tert-OH is 1. The van der Waals surface area contributed by atoms with Crippen molar-refractivity contribution >= 4 is 5.97 Å². The van der Waals surface area contributed by atoms with Crippen molar-refractivity contribution in [2.75, 3.05) is 20.2 Å². The monoisotopic (exact) mass is 147 g/mol. The van der Waals surface area contributed by atoms with E-state index >= 15 is 0 Å². The predicted octanol–water partition coefficient (Wildman–Crippen LogP) is -0.545. The average molecular weight is 147 g/mol. The van der Waals surface area contributed by atoms with Crippen molar-refractivity contribution < 1.29 is 15.0 Å². The van der Waals surface area contributed by atoms with Crippen molar-refractivity contribution in [3.63, 3.8) is 0 Å². The number of carboxylic acid groups (broad SMARTS) is 1. The highest BCUT2D eigenvalue weighted by Gasteiger charge is 1.73. The quantitative estimate of drug-likeness (QED) is 0.469. The Labute approximate surface area is 60.2 Å². The van der Waals surface area contributed by atoms with Gasteiger partial charge < -0.3 is 15.5 Å². The Hall–Kier alpha value is -0.870. The summed E-state index contributed by atoms with van der Waals surface area (Å²) in [7, 11) is 1.80. The van der Waals surface area contributed by atoms with Crippen molar-refractivity contribution in [3.05, 3.63) is 12.7 Å². The maximum absolute atomic E-state index is 9.25.